The van der Waals surface area contributed by atoms with Crippen molar-refractivity contribution in [1.82, 2.24) is 0 Å². The highest BCUT2D eigenvalue weighted by atomic mass is 16.1. The summed E-state index contributed by atoms with van der Waals surface area (Å²) in [7, 11) is 2.12. The molecule has 1 aliphatic rings. The van der Waals surface area contributed by atoms with Crippen molar-refractivity contribution >= 4 is 11.5 Å². The first-order valence-corrected chi connectivity index (χ1v) is 8.31. The predicted molar refractivity (Wildman–Crippen MR) is 89.9 cm³/mol. The highest BCUT2D eigenvalue weighted by Gasteiger charge is 2.29. The van der Waals surface area contributed by atoms with Crippen LogP contribution < -0.4 is 4.90 Å². The van der Waals surface area contributed by atoms with Gasteiger partial charge in [0.1, 0.15) is 5.78 Å². The van der Waals surface area contributed by atoms with Crippen LogP contribution in [-0.4, -0.2) is 19.4 Å². The van der Waals surface area contributed by atoms with Crippen molar-refractivity contribution < 1.29 is 4.79 Å². The summed E-state index contributed by atoms with van der Waals surface area (Å²) >= 11 is 0. The number of hydrogen-bond acceptors (Lipinski definition) is 2. The van der Waals surface area contributed by atoms with Crippen molar-refractivity contribution in [3.8, 4) is 0 Å². The topological polar surface area (TPSA) is 20.3 Å². The number of ketones is 1. The molecule has 0 spiro atoms. The Balaban J connectivity index is 2.03. The second-order valence-electron chi connectivity index (χ2n) is 6.82. The fourth-order valence-electron chi connectivity index (χ4n) is 3.66. The molecule has 1 aromatic carbocycles. The lowest BCUT2D eigenvalue weighted by atomic mass is 9.78. The first kappa shape index (κ1) is 16.1. The molecule has 0 amide bonds. The summed E-state index contributed by atoms with van der Waals surface area (Å²) < 4.78 is 0. The summed E-state index contributed by atoms with van der Waals surface area (Å²) in [5.74, 6) is 1.45. The molecular weight excluding hydrogens is 258 g/mol. The predicted octanol–water partition coefficient (Wildman–Crippen LogP) is 4.53. The van der Waals surface area contributed by atoms with E-state index in [1.165, 1.54) is 29.7 Å². The normalized spacial score (nSPS) is 22.4. The highest BCUT2D eigenvalue weighted by Crippen LogP contribution is 2.31. The van der Waals surface area contributed by atoms with Crippen LogP contribution in [0.15, 0.2) is 18.2 Å². The maximum absolute atomic E-state index is 12.2. The van der Waals surface area contributed by atoms with Crippen molar-refractivity contribution in [2.24, 2.45) is 11.8 Å². The van der Waals surface area contributed by atoms with Crippen LogP contribution in [0.3, 0.4) is 0 Å². The molecule has 116 valence electrons. The fourth-order valence-corrected chi connectivity index (χ4v) is 3.66. The Morgan fingerprint density at radius 2 is 1.86 bits per heavy atom. The quantitative estimate of drug-likeness (QED) is 0.793. The third-order valence-corrected chi connectivity index (χ3v) is 4.71. The van der Waals surface area contributed by atoms with Crippen LogP contribution in [0.2, 0.25) is 0 Å². The second-order valence-corrected chi connectivity index (χ2v) is 6.82. The van der Waals surface area contributed by atoms with Gasteiger partial charge in [-0.3, -0.25) is 4.79 Å². The first-order valence-electron chi connectivity index (χ1n) is 8.31. The molecule has 1 aromatic rings. The van der Waals surface area contributed by atoms with Crippen LogP contribution >= 0.6 is 0 Å². The summed E-state index contributed by atoms with van der Waals surface area (Å²) in [6.07, 6.45) is 5.49. The average molecular weight is 287 g/mol. The molecule has 0 N–H and O–H groups in total. The first-order chi connectivity index (χ1) is 9.99. The largest absolute Gasteiger partial charge is 0.374 e. The molecule has 0 heterocycles. The van der Waals surface area contributed by atoms with Crippen molar-refractivity contribution in [2.75, 3.05) is 18.5 Å². The number of rotatable bonds is 5. The van der Waals surface area contributed by atoms with E-state index in [1.54, 1.807) is 0 Å². The van der Waals surface area contributed by atoms with Gasteiger partial charge in [0, 0.05) is 31.6 Å². The van der Waals surface area contributed by atoms with Crippen LogP contribution in [-0.2, 0) is 4.79 Å². The summed E-state index contributed by atoms with van der Waals surface area (Å²) in [6, 6.07) is 6.62. The maximum atomic E-state index is 12.2. The molecule has 2 atom stereocenters. The van der Waals surface area contributed by atoms with Crippen molar-refractivity contribution in [1.29, 1.82) is 0 Å². The Bertz CT molecular complexity index is 474. The minimum atomic E-state index is 0.223. The van der Waals surface area contributed by atoms with E-state index in [4.69, 9.17) is 0 Å². The van der Waals surface area contributed by atoms with E-state index < -0.39 is 0 Å². The van der Waals surface area contributed by atoms with E-state index in [0.717, 1.165) is 31.7 Å². The molecule has 1 fully saturated rings. The van der Waals surface area contributed by atoms with Gasteiger partial charge in [0.2, 0.25) is 0 Å². The zero-order chi connectivity index (χ0) is 15.4. The zero-order valence-electron chi connectivity index (χ0n) is 14.0. The molecule has 0 saturated heterocycles. The molecule has 2 unspecified atom stereocenters. The van der Waals surface area contributed by atoms with Crippen LogP contribution in [0, 0.1) is 25.7 Å². The molecule has 2 heteroatoms. The van der Waals surface area contributed by atoms with Crippen LogP contribution in [0.5, 0.6) is 0 Å². The third kappa shape index (κ3) is 4.33. The molecule has 0 radical (unpaired) electrons. The molecule has 2 rings (SSSR count). The van der Waals surface area contributed by atoms with Gasteiger partial charge in [-0.15, -0.1) is 0 Å². The number of aryl methyl sites for hydroxylation is 2. The standard InChI is InChI=1S/C19H29NO/c1-5-6-16-7-8-19(21)17(12-16)13-20(4)18-10-14(2)9-15(3)11-18/h9-11,16-17H,5-8,12-13H2,1-4H3. The number of benzene rings is 1. The molecular formula is C19H29NO. The van der Waals surface area contributed by atoms with Crippen LogP contribution in [0.4, 0.5) is 5.69 Å². The third-order valence-electron chi connectivity index (χ3n) is 4.71. The van der Waals surface area contributed by atoms with E-state index >= 15 is 0 Å². The second kappa shape index (κ2) is 7.11. The maximum Gasteiger partial charge on any atom is 0.137 e. The van der Waals surface area contributed by atoms with Crippen LogP contribution in [0.1, 0.15) is 50.2 Å². The molecule has 21 heavy (non-hydrogen) atoms. The lowest BCUT2D eigenvalue weighted by Crippen LogP contribution is -2.35. The molecule has 1 saturated carbocycles. The minimum absolute atomic E-state index is 0.223. The van der Waals surface area contributed by atoms with E-state index in [1.807, 2.05) is 0 Å². The van der Waals surface area contributed by atoms with Crippen LogP contribution in [0.25, 0.3) is 0 Å². The lowest BCUT2D eigenvalue weighted by Gasteiger charge is -2.32. The van der Waals surface area contributed by atoms with E-state index in [2.05, 4.69) is 50.9 Å². The Morgan fingerprint density at radius 1 is 1.19 bits per heavy atom. The number of Topliss-reactive ketones (excluding diaryl/α,β-unsaturated/α-hetero) is 1. The Kier molecular flexibility index (Phi) is 5.44. The van der Waals surface area contributed by atoms with Gasteiger partial charge < -0.3 is 4.90 Å². The van der Waals surface area contributed by atoms with Crippen molar-refractivity contribution in [3.05, 3.63) is 29.3 Å². The van der Waals surface area contributed by atoms with Gasteiger partial charge in [0.05, 0.1) is 0 Å². The smallest absolute Gasteiger partial charge is 0.137 e. The number of carbonyl (C=O) groups excluding carboxylic acids is 1. The number of nitrogens with zero attached hydrogens (tertiary/aromatic N) is 1. The molecule has 1 aliphatic carbocycles. The van der Waals surface area contributed by atoms with Gasteiger partial charge in [0.25, 0.3) is 0 Å². The molecule has 0 bridgehead atoms. The summed E-state index contributed by atoms with van der Waals surface area (Å²) in [5, 5.41) is 0. The van der Waals surface area contributed by atoms with E-state index in [0.29, 0.717) is 5.78 Å². The van der Waals surface area contributed by atoms with Gasteiger partial charge in [-0.25, -0.2) is 0 Å². The number of carbonyl (C=O) groups is 1. The van der Waals surface area contributed by atoms with Gasteiger partial charge >= 0.3 is 0 Å². The highest BCUT2D eigenvalue weighted by molar-refractivity contribution is 5.82. The minimum Gasteiger partial charge on any atom is -0.374 e. The van der Waals surface area contributed by atoms with E-state index in [-0.39, 0.29) is 5.92 Å². The van der Waals surface area contributed by atoms with Gasteiger partial charge in [-0.1, -0.05) is 25.8 Å². The van der Waals surface area contributed by atoms with Crippen molar-refractivity contribution in [3.63, 3.8) is 0 Å². The summed E-state index contributed by atoms with van der Waals surface area (Å²) in [5.41, 5.74) is 3.81. The lowest BCUT2D eigenvalue weighted by molar-refractivity contribution is -0.125. The Labute approximate surface area is 129 Å². The Morgan fingerprint density at radius 3 is 2.48 bits per heavy atom. The Hall–Kier alpha value is -1.31. The summed E-state index contributed by atoms with van der Waals surface area (Å²) in [4.78, 5) is 14.5. The van der Waals surface area contributed by atoms with E-state index in [9.17, 15) is 4.79 Å². The molecule has 0 aliphatic heterocycles. The van der Waals surface area contributed by atoms with Gasteiger partial charge in [-0.2, -0.15) is 0 Å². The number of hydrogen-bond donors (Lipinski definition) is 0. The number of anilines is 1. The fraction of sp³-hybridized carbons (Fsp3) is 0.632. The molecule has 2 nitrogen and oxygen atoms in total. The van der Waals surface area contributed by atoms with Gasteiger partial charge in [0.15, 0.2) is 0 Å². The zero-order valence-corrected chi connectivity index (χ0v) is 14.0. The van der Waals surface area contributed by atoms with Gasteiger partial charge in [-0.05, 0) is 55.9 Å². The van der Waals surface area contributed by atoms with Crippen molar-refractivity contribution in [2.45, 2.75) is 52.9 Å². The monoisotopic (exact) mass is 287 g/mol. The molecule has 0 aromatic heterocycles. The SMILES string of the molecule is CCCC1CCC(=O)C(CN(C)c2cc(C)cc(C)c2)C1. The summed E-state index contributed by atoms with van der Waals surface area (Å²) in [6.45, 7) is 7.37. The average Bonchev–Trinajstić information content (AvgIpc) is 2.41.